The van der Waals surface area contributed by atoms with Gasteiger partial charge in [-0.3, -0.25) is 24.7 Å². The number of likely N-dealkylation sites (N-methyl/N-ethyl adjacent to an activating group) is 1. The molecular weight excluding hydrogens is 446 g/mol. The van der Waals surface area contributed by atoms with Crippen molar-refractivity contribution in [3.8, 4) is 5.75 Å². The zero-order valence-corrected chi connectivity index (χ0v) is 19.5. The van der Waals surface area contributed by atoms with Crippen LogP contribution < -0.4 is 9.64 Å². The number of hydrogen-bond acceptors (Lipinski definition) is 7. The summed E-state index contributed by atoms with van der Waals surface area (Å²) in [6, 6.07) is 21.6. The van der Waals surface area contributed by atoms with Crippen LogP contribution in [0.15, 0.2) is 77.8 Å². The SMILES string of the molecule is COc1ccc(N2C(=O)c3cc([N+](=O)[O-])ccc3N=C3C2N(Cc2ccccc2)CCN3C)cc1. The molecule has 1 saturated heterocycles. The van der Waals surface area contributed by atoms with Crippen molar-refractivity contribution in [3.05, 3.63) is 94.0 Å². The number of nitro groups is 1. The standard InChI is InChI=1S/C26H25N5O4/c1-28-14-15-29(17-18-6-4-3-5-7-18)25-24(28)27-23-13-10-20(31(33)34)16-22(23)26(32)30(25)19-8-11-21(35-2)12-9-19/h3-13,16,25H,14-15,17H2,1-2H3. The molecule has 3 aromatic carbocycles. The molecule has 2 aliphatic rings. The Bertz CT molecular complexity index is 1290. The van der Waals surface area contributed by atoms with Gasteiger partial charge in [0.25, 0.3) is 11.6 Å². The summed E-state index contributed by atoms with van der Waals surface area (Å²) in [5.41, 5.74) is 2.25. The number of nitro benzene ring substituents is 1. The lowest BCUT2D eigenvalue weighted by atomic mass is 10.1. The highest BCUT2D eigenvalue weighted by atomic mass is 16.6. The maximum absolute atomic E-state index is 14.1. The van der Waals surface area contributed by atoms with E-state index in [0.29, 0.717) is 36.0 Å². The topological polar surface area (TPSA) is 91.5 Å². The van der Waals surface area contributed by atoms with Gasteiger partial charge in [0.15, 0.2) is 0 Å². The Kier molecular flexibility index (Phi) is 5.92. The summed E-state index contributed by atoms with van der Waals surface area (Å²) in [5.74, 6) is 1.04. The number of ether oxygens (including phenoxy) is 1. The van der Waals surface area contributed by atoms with Crippen LogP contribution in [-0.2, 0) is 6.54 Å². The average molecular weight is 472 g/mol. The second kappa shape index (κ2) is 9.19. The second-order valence-electron chi connectivity index (χ2n) is 8.55. The number of hydrogen-bond donors (Lipinski definition) is 0. The van der Waals surface area contributed by atoms with E-state index in [0.717, 1.165) is 12.1 Å². The molecule has 0 radical (unpaired) electrons. The van der Waals surface area contributed by atoms with E-state index in [1.807, 2.05) is 42.3 Å². The van der Waals surface area contributed by atoms with Crippen LogP contribution in [0.25, 0.3) is 0 Å². The lowest BCUT2D eigenvalue weighted by molar-refractivity contribution is -0.384. The second-order valence-corrected chi connectivity index (χ2v) is 8.55. The number of nitrogens with zero attached hydrogens (tertiary/aromatic N) is 5. The van der Waals surface area contributed by atoms with Crippen LogP contribution in [0.3, 0.4) is 0 Å². The number of aliphatic imine (C=N–C) groups is 1. The van der Waals surface area contributed by atoms with E-state index >= 15 is 0 Å². The number of carbonyl (C=O) groups excluding carboxylic acids is 1. The minimum absolute atomic E-state index is 0.147. The molecule has 2 heterocycles. The molecule has 5 rings (SSSR count). The zero-order chi connectivity index (χ0) is 24.5. The normalized spacial score (nSPS) is 17.8. The van der Waals surface area contributed by atoms with Crippen molar-refractivity contribution in [1.82, 2.24) is 9.80 Å². The number of fused-ring (bicyclic) bond motifs is 2. The van der Waals surface area contributed by atoms with Gasteiger partial charge in [0.1, 0.15) is 17.8 Å². The van der Waals surface area contributed by atoms with Gasteiger partial charge in [0.2, 0.25) is 0 Å². The Morgan fingerprint density at radius 3 is 2.49 bits per heavy atom. The third-order valence-corrected chi connectivity index (χ3v) is 6.39. The predicted molar refractivity (Wildman–Crippen MR) is 133 cm³/mol. The van der Waals surface area contributed by atoms with Crippen molar-refractivity contribution in [2.45, 2.75) is 12.7 Å². The lowest BCUT2D eigenvalue weighted by Crippen LogP contribution is -2.63. The van der Waals surface area contributed by atoms with Crippen molar-refractivity contribution in [3.63, 3.8) is 0 Å². The first kappa shape index (κ1) is 22.5. The molecule has 1 unspecified atom stereocenters. The van der Waals surface area contributed by atoms with Crippen LogP contribution in [0.4, 0.5) is 17.1 Å². The summed E-state index contributed by atoms with van der Waals surface area (Å²) in [5, 5.41) is 11.5. The highest BCUT2D eigenvalue weighted by molar-refractivity contribution is 6.15. The number of non-ortho nitro benzene ring substituents is 1. The molecule has 3 aromatic rings. The number of rotatable bonds is 5. The van der Waals surface area contributed by atoms with Gasteiger partial charge in [-0.05, 0) is 35.9 Å². The number of amidine groups is 1. The quantitative estimate of drug-likeness (QED) is 0.412. The Balaban J connectivity index is 1.67. The van der Waals surface area contributed by atoms with Crippen molar-refractivity contribution in [2.24, 2.45) is 4.99 Å². The monoisotopic (exact) mass is 471 g/mol. The summed E-state index contributed by atoms with van der Waals surface area (Å²) >= 11 is 0. The molecule has 0 saturated carbocycles. The predicted octanol–water partition coefficient (Wildman–Crippen LogP) is 4.07. The van der Waals surface area contributed by atoms with Crippen molar-refractivity contribution in [1.29, 1.82) is 0 Å². The maximum atomic E-state index is 14.1. The Morgan fingerprint density at radius 1 is 1.06 bits per heavy atom. The summed E-state index contributed by atoms with van der Waals surface area (Å²) in [7, 11) is 3.54. The van der Waals surface area contributed by atoms with E-state index in [1.165, 1.54) is 12.1 Å². The fourth-order valence-electron chi connectivity index (χ4n) is 4.55. The van der Waals surface area contributed by atoms with Crippen molar-refractivity contribution < 1.29 is 14.5 Å². The lowest BCUT2D eigenvalue weighted by Gasteiger charge is -2.45. The third-order valence-electron chi connectivity index (χ3n) is 6.39. The van der Waals surface area contributed by atoms with Gasteiger partial charge in [0, 0.05) is 44.5 Å². The highest BCUT2D eigenvalue weighted by Gasteiger charge is 2.42. The first-order valence-electron chi connectivity index (χ1n) is 11.3. The Morgan fingerprint density at radius 2 is 1.80 bits per heavy atom. The van der Waals surface area contributed by atoms with Crippen LogP contribution >= 0.6 is 0 Å². The first-order chi connectivity index (χ1) is 17.0. The number of anilines is 1. The van der Waals surface area contributed by atoms with Crippen LogP contribution in [0.1, 0.15) is 15.9 Å². The third kappa shape index (κ3) is 4.22. The minimum Gasteiger partial charge on any atom is -0.497 e. The van der Waals surface area contributed by atoms with E-state index in [4.69, 9.17) is 9.73 Å². The van der Waals surface area contributed by atoms with Crippen LogP contribution in [0.2, 0.25) is 0 Å². The minimum atomic E-state index is -0.499. The molecule has 1 amide bonds. The molecule has 0 spiro atoms. The van der Waals surface area contributed by atoms with Crippen LogP contribution in [-0.4, -0.2) is 59.9 Å². The van der Waals surface area contributed by atoms with Crippen molar-refractivity contribution in [2.75, 3.05) is 32.1 Å². The van der Waals surface area contributed by atoms with Crippen LogP contribution in [0, 0.1) is 10.1 Å². The molecule has 0 aromatic heterocycles. The van der Waals surface area contributed by atoms with Gasteiger partial charge in [-0.25, -0.2) is 4.99 Å². The molecule has 35 heavy (non-hydrogen) atoms. The average Bonchev–Trinajstić information content (AvgIpc) is 3.01. The zero-order valence-electron chi connectivity index (χ0n) is 19.5. The van der Waals surface area contributed by atoms with E-state index in [2.05, 4.69) is 17.0 Å². The van der Waals surface area contributed by atoms with E-state index < -0.39 is 11.1 Å². The van der Waals surface area contributed by atoms with E-state index in [-0.39, 0.29) is 17.2 Å². The summed E-state index contributed by atoms with van der Waals surface area (Å²) in [4.78, 5) is 35.9. The molecule has 1 fully saturated rings. The summed E-state index contributed by atoms with van der Waals surface area (Å²) < 4.78 is 5.31. The first-order valence-corrected chi connectivity index (χ1v) is 11.3. The van der Waals surface area contributed by atoms with E-state index in [1.54, 1.807) is 30.2 Å². The Hall–Kier alpha value is -4.24. The van der Waals surface area contributed by atoms with Gasteiger partial charge < -0.3 is 9.64 Å². The number of piperazine rings is 1. The summed E-state index contributed by atoms with van der Waals surface area (Å²) in [6.45, 7) is 2.06. The highest BCUT2D eigenvalue weighted by Crippen LogP contribution is 2.35. The smallest absolute Gasteiger partial charge is 0.270 e. The summed E-state index contributed by atoms with van der Waals surface area (Å²) in [6.07, 6.45) is -0.499. The number of amides is 1. The van der Waals surface area contributed by atoms with Gasteiger partial charge in [-0.2, -0.15) is 0 Å². The maximum Gasteiger partial charge on any atom is 0.270 e. The molecule has 178 valence electrons. The van der Waals surface area contributed by atoms with Gasteiger partial charge in [-0.15, -0.1) is 0 Å². The molecule has 0 N–H and O–H groups in total. The molecule has 2 aliphatic heterocycles. The molecule has 1 atom stereocenters. The largest absolute Gasteiger partial charge is 0.497 e. The number of benzene rings is 3. The van der Waals surface area contributed by atoms with Gasteiger partial charge in [-0.1, -0.05) is 30.3 Å². The van der Waals surface area contributed by atoms with Crippen molar-refractivity contribution >= 4 is 28.8 Å². The number of methoxy groups -OCH3 is 1. The fraction of sp³-hybridized carbons (Fsp3) is 0.231. The number of carbonyl (C=O) groups is 1. The molecule has 0 aliphatic carbocycles. The van der Waals surface area contributed by atoms with Crippen LogP contribution in [0.5, 0.6) is 5.75 Å². The van der Waals surface area contributed by atoms with Gasteiger partial charge >= 0.3 is 0 Å². The van der Waals surface area contributed by atoms with E-state index in [9.17, 15) is 14.9 Å². The molecule has 9 heteroatoms. The fourth-order valence-corrected chi connectivity index (χ4v) is 4.55. The molecular formula is C26H25N5O4. The molecule has 9 nitrogen and oxygen atoms in total. The van der Waals surface area contributed by atoms with Gasteiger partial charge in [0.05, 0.1) is 23.3 Å². The molecule has 0 bridgehead atoms. The Labute approximate surface area is 203 Å².